The highest BCUT2D eigenvalue weighted by atomic mass is 16.6. The Bertz CT molecular complexity index is 599. The maximum absolute atomic E-state index is 12.7. The molecule has 0 N–H and O–H groups in total. The van der Waals surface area contributed by atoms with Crippen LogP contribution in [0.25, 0.3) is 0 Å². The van der Waals surface area contributed by atoms with Gasteiger partial charge in [-0.1, -0.05) is 12.1 Å². The third-order valence-corrected chi connectivity index (χ3v) is 5.05. The minimum atomic E-state index is -0.359. The van der Waals surface area contributed by atoms with E-state index >= 15 is 0 Å². The van der Waals surface area contributed by atoms with Gasteiger partial charge in [-0.15, -0.1) is 0 Å². The third kappa shape index (κ3) is 4.12. The maximum atomic E-state index is 12.7. The molecule has 0 bridgehead atoms. The van der Waals surface area contributed by atoms with Gasteiger partial charge in [-0.05, 0) is 44.2 Å². The van der Waals surface area contributed by atoms with Gasteiger partial charge in [0.25, 0.3) is 5.69 Å². The minimum Gasteiger partial charge on any atom is -0.342 e. The molecule has 1 aromatic carbocycles. The Hall–Kier alpha value is -1.95. The van der Waals surface area contributed by atoms with E-state index in [2.05, 4.69) is 4.90 Å². The molecule has 2 aliphatic heterocycles. The largest absolute Gasteiger partial charge is 0.342 e. The van der Waals surface area contributed by atoms with Crippen LogP contribution in [0.1, 0.15) is 37.7 Å². The second kappa shape index (κ2) is 7.75. The number of nitro benzene ring substituents is 1. The van der Waals surface area contributed by atoms with Crippen molar-refractivity contribution in [1.29, 1.82) is 0 Å². The Kier molecular flexibility index (Phi) is 5.45. The van der Waals surface area contributed by atoms with Gasteiger partial charge in [-0.25, -0.2) is 0 Å². The lowest BCUT2D eigenvalue weighted by Gasteiger charge is -2.36. The van der Waals surface area contributed by atoms with E-state index in [1.165, 1.54) is 12.5 Å². The Morgan fingerprint density at radius 3 is 2.71 bits per heavy atom. The molecule has 1 amide bonds. The van der Waals surface area contributed by atoms with Crippen molar-refractivity contribution in [2.24, 2.45) is 5.92 Å². The van der Waals surface area contributed by atoms with Crippen molar-refractivity contribution in [2.45, 2.75) is 38.6 Å². The van der Waals surface area contributed by atoms with E-state index in [4.69, 9.17) is 0 Å². The first-order valence-corrected chi connectivity index (χ1v) is 8.88. The molecule has 0 aromatic heterocycles. The lowest BCUT2D eigenvalue weighted by atomic mass is 9.95. The minimum absolute atomic E-state index is 0.0792. The number of hydrogen-bond acceptors (Lipinski definition) is 4. The molecule has 0 radical (unpaired) electrons. The first-order valence-electron chi connectivity index (χ1n) is 8.88. The van der Waals surface area contributed by atoms with Crippen molar-refractivity contribution >= 4 is 11.6 Å². The number of nitrogens with zero attached hydrogens (tertiary/aromatic N) is 3. The lowest BCUT2D eigenvalue weighted by molar-refractivity contribution is -0.384. The Morgan fingerprint density at radius 1 is 1.17 bits per heavy atom. The molecule has 1 atom stereocenters. The van der Waals surface area contributed by atoms with Crippen molar-refractivity contribution < 1.29 is 9.72 Å². The van der Waals surface area contributed by atoms with Crippen LogP contribution in [0.2, 0.25) is 0 Å². The number of hydrogen-bond donors (Lipinski definition) is 0. The first-order chi connectivity index (χ1) is 11.6. The number of carbonyl (C=O) groups excluding carboxylic acids is 1. The normalized spacial score (nSPS) is 22.3. The number of benzene rings is 1. The topological polar surface area (TPSA) is 66.7 Å². The average Bonchev–Trinajstić information content (AvgIpc) is 2.62. The Morgan fingerprint density at radius 2 is 1.96 bits per heavy atom. The SMILES string of the molecule is O=C([C@@H]1CCCN(Cc2cccc([N+](=O)[O-])c2)C1)N1CCCCC1. The highest BCUT2D eigenvalue weighted by Crippen LogP contribution is 2.23. The predicted octanol–water partition coefficient (Wildman–Crippen LogP) is 2.82. The van der Waals surface area contributed by atoms with E-state index in [0.29, 0.717) is 12.5 Å². The van der Waals surface area contributed by atoms with Crippen LogP contribution in [0.4, 0.5) is 5.69 Å². The van der Waals surface area contributed by atoms with E-state index < -0.39 is 0 Å². The van der Waals surface area contributed by atoms with Gasteiger partial charge in [-0.2, -0.15) is 0 Å². The van der Waals surface area contributed by atoms with E-state index in [1.54, 1.807) is 12.1 Å². The summed E-state index contributed by atoms with van der Waals surface area (Å²) in [7, 11) is 0. The summed E-state index contributed by atoms with van der Waals surface area (Å²) in [5, 5.41) is 10.9. The zero-order chi connectivity index (χ0) is 16.9. The van der Waals surface area contributed by atoms with Crippen LogP contribution < -0.4 is 0 Å². The van der Waals surface area contributed by atoms with Crippen LogP contribution in [-0.4, -0.2) is 46.8 Å². The summed E-state index contributed by atoms with van der Waals surface area (Å²) in [6, 6.07) is 6.80. The quantitative estimate of drug-likeness (QED) is 0.628. The van der Waals surface area contributed by atoms with Gasteiger partial charge in [0.15, 0.2) is 0 Å². The average molecular weight is 331 g/mol. The number of nitro groups is 1. The summed E-state index contributed by atoms with van der Waals surface area (Å²) in [6.45, 7) is 4.19. The molecule has 0 aliphatic carbocycles. The van der Waals surface area contributed by atoms with Crippen molar-refractivity contribution in [2.75, 3.05) is 26.2 Å². The molecule has 24 heavy (non-hydrogen) atoms. The molecule has 2 heterocycles. The van der Waals surface area contributed by atoms with E-state index in [1.807, 2.05) is 11.0 Å². The second-order valence-electron chi connectivity index (χ2n) is 6.89. The summed E-state index contributed by atoms with van der Waals surface area (Å²) in [5.41, 5.74) is 1.07. The highest BCUT2D eigenvalue weighted by Gasteiger charge is 2.29. The monoisotopic (exact) mass is 331 g/mol. The molecule has 130 valence electrons. The lowest BCUT2D eigenvalue weighted by Crippen LogP contribution is -2.46. The zero-order valence-electron chi connectivity index (χ0n) is 14.0. The molecule has 1 aromatic rings. The molecule has 2 saturated heterocycles. The number of amides is 1. The van der Waals surface area contributed by atoms with Gasteiger partial charge < -0.3 is 4.90 Å². The third-order valence-electron chi connectivity index (χ3n) is 5.05. The predicted molar refractivity (Wildman–Crippen MR) is 91.5 cm³/mol. The van der Waals surface area contributed by atoms with E-state index in [9.17, 15) is 14.9 Å². The molecule has 0 unspecified atom stereocenters. The van der Waals surface area contributed by atoms with Crippen LogP contribution in [0.5, 0.6) is 0 Å². The second-order valence-corrected chi connectivity index (χ2v) is 6.89. The fourth-order valence-corrected chi connectivity index (χ4v) is 3.80. The first kappa shape index (κ1) is 16.9. The van der Waals surface area contributed by atoms with Crippen LogP contribution in [-0.2, 0) is 11.3 Å². The molecule has 3 rings (SSSR count). The van der Waals surface area contributed by atoms with Crippen molar-refractivity contribution in [3.05, 3.63) is 39.9 Å². The summed E-state index contributed by atoms with van der Waals surface area (Å²) < 4.78 is 0. The number of rotatable bonds is 4. The molecule has 6 heteroatoms. The molecular weight excluding hydrogens is 306 g/mol. The number of carbonyl (C=O) groups is 1. The van der Waals surface area contributed by atoms with Crippen LogP contribution in [0.15, 0.2) is 24.3 Å². The smallest absolute Gasteiger partial charge is 0.269 e. The number of likely N-dealkylation sites (tertiary alicyclic amines) is 2. The maximum Gasteiger partial charge on any atom is 0.269 e. The van der Waals surface area contributed by atoms with Gasteiger partial charge >= 0.3 is 0 Å². The molecule has 0 spiro atoms. The van der Waals surface area contributed by atoms with Crippen molar-refractivity contribution in [3.8, 4) is 0 Å². The van der Waals surface area contributed by atoms with E-state index in [-0.39, 0.29) is 16.5 Å². The number of non-ortho nitro benzene ring substituents is 1. The van der Waals surface area contributed by atoms with Crippen molar-refractivity contribution in [1.82, 2.24) is 9.80 Å². The van der Waals surface area contributed by atoms with Gasteiger partial charge in [0.1, 0.15) is 0 Å². The van der Waals surface area contributed by atoms with Crippen LogP contribution in [0, 0.1) is 16.0 Å². The zero-order valence-corrected chi connectivity index (χ0v) is 14.0. The number of piperidine rings is 2. The summed E-state index contributed by atoms with van der Waals surface area (Å²) >= 11 is 0. The fraction of sp³-hybridized carbons (Fsp3) is 0.611. The van der Waals surface area contributed by atoms with Gasteiger partial charge in [0, 0.05) is 38.3 Å². The fourth-order valence-electron chi connectivity index (χ4n) is 3.80. The molecule has 6 nitrogen and oxygen atoms in total. The van der Waals surface area contributed by atoms with E-state index in [0.717, 1.165) is 57.4 Å². The molecular formula is C18H25N3O3. The van der Waals surface area contributed by atoms with Crippen LogP contribution in [0.3, 0.4) is 0 Å². The Labute approximate surface area is 142 Å². The summed E-state index contributed by atoms with van der Waals surface area (Å²) in [5.74, 6) is 0.383. The molecule has 2 fully saturated rings. The Balaban J connectivity index is 1.60. The molecule has 0 saturated carbocycles. The van der Waals surface area contributed by atoms with Gasteiger partial charge in [0.2, 0.25) is 5.91 Å². The summed E-state index contributed by atoms with van der Waals surface area (Å²) in [6.07, 6.45) is 5.44. The molecule has 2 aliphatic rings. The van der Waals surface area contributed by atoms with Crippen molar-refractivity contribution in [3.63, 3.8) is 0 Å². The van der Waals surface area contributed by atoms with Gasteiger partial charge in [0.05, 0.1) is 10.8 Å². The van der Waals surface area contributed by atoms with Crippen LogP contribution >= 0.6 is 0 Å². The van der Waals surface area contributed by atoms with Gasteiger partial charge in [-0.3, -0.25) is 19.8 Å². The highest BCUT2D eigenvalue weighted by molar-refractivity contribution is 5.79. The summed E-state index contributed by atoms with van der Waals surface area (Å²) in [4.78, 5) is 27.5. The standard InChI is InChI=1S/C18H25N3O3/c22-18(20-10-2-1-3-11-20)16-7-5-9-19(14-16)13-15-6-4-8-17(12-15)21(23)24/h4,6,8,12,16H,1-3,5,7,9-11,13-14H2/t16-/m1/s1.